The number of alkyl halides is 2. The first-order valence-electron chi connectivity index (χ1n) is 6.23. The molecule has 1 aromatic rings. The molecule has 1 aromatic carbocycles. The quantitative estimate of drug-likeness (QED) is 0.847. The largest absolute Gasteiger partial charge is 0.480 e. The lowest BCUT2D eigenvalue weighted by Crippen LogP contribution is -2.49. The number of rotatable bonds is 6. The van der Waals surface area contributed by atoms with Crippen molar-refractivity contribution in [1.29, 1.82) is 0 Å². The van der Waals surface area contributed by atoms with E-state index < -0.39 is 42.0 Å². The van der Waals surface area contributed by atoms with Crippen LogP contribution in [0.25, 0.3) is 0 Å². The fourth-order valence-corrected chi connectivity index (χ4v) is 1.83. The number of benzene rings is 1. The van der Waals surface area contributed by atoms with Gasteiger partial charge >= 0.3 is 5.97 Å². The second-order valence-electron chi connectivity index (χ2n) is 5.10. The number of amides is 1. The monoisotopic (exact) mass is 303 g/mol. The highest BCUT2D eigenvalue weighted by Gasteiger charge is 2.35. The first kappa shape index (κ1) is 17.0. The molecule has 0 bridgehead atoms. The Morgan fingerprint density at radius 1 is 1.29 bits per heavy atom. The van der Waals surface area contributed by atoms with Crippen LogP contribution in [-0.2, 0) is 15.0 Å². The molecular weight excluding hydrogens is 287 g/mol. The normalized spacial score (nSPS) is 13.0. The van der Waals surface area contributed by atoms with E-state index in [0.29, 0.717) is 0 Å². The zero-order valence-electron chi connectivity index (χ0n) is 11.6. The topological polar surface area (TPSA) is 66.4 Å². The van der Waals surface area contributed by atoms with Crippen molar-refractivity contribution in [2.24, 2.45) is 0 Å². The highest BCUT2D eigenvalue weighted by molar-refractivity contribution is 5.90. The molecule has 0 saturated heterocycles. The zero-order valence-corrected chi connectivity index (χ0v) is 11.6. The molecule has 1 atom stereocenters. The zero-order chi connectivity index (χ0) is 16.2. The van der Waals surface area contributed by atoms with Crippen LogP contribution in [-0.4, -0.2) is 29.5 Å². The van der Waals surface area contributed by atoms with Crippen LogP contribution >= 0.6 is 0 Å². The third kappa shape index (κ3) is 4.21. The van der Waals surface area contributed by atoms with Crippen LogP contribution in [0.15, 0.2) is 24.3 Å². The van der Waals surface area contributed by atoms with Gasteiger partial charge in [0.25, 0.3) is 0 Å². The maximum Gasteiger partial charge on any atom is 0.326 e. The first-order valence-corrected chi connectivity index (χ1v) is 6.23. The summed E-state index contributed by atoms with van der Waals surface area (Å²) in [5, 5.41) is 10.9. The lowest BCUT2D eigenvalue weighted by atomic mass is 9.83. The van der Waals surface area contributed by atoms with Gasteiger partial charge in [0.15, 0.2) is 0 Å². The molecule has 0 saturated carbocycles. The van der Waals surface area contributed by atoms with Crippen molar-refractivity contribution in [3.8, 4) is 0 Å². The van der Waals surface area contributed by atoms with Gasteiger partial charge in [-0.2, -0.15) is 0 Å². The fourth-order valence-electron chi connectivity index (χ4n) is 1.83. The summed E-state index contributed by atoms with van der Waals surface area (Å²) in [6.07, 6.45) is -3.88. The Labute approximate surface area is 120 Å². The molecule has 1 rings (SSSR count). The van der Waals surface area contributed by atoms with E-state index in [1.54, 1.807) is 0 Å². The summed E-state index contributed by atoms with van der Waals surface area (Å²) in [7, 11) is 0. The van der Waals surface area contributed by atoms with Gasteiger partial charge in [-0.25, -0.2) is 18.0 Å². The van der Waals surface area contributed by atoms with E-state index in [4.69, 9.17) is 5.11 Å². The molecule has 116 valence electrons. The molecular formula is C14H16F3NO3. The molecule has 0 aliphatic carbocycles. The van der Waals surface area contributed by atoms with Crippen molar-refractivity contribution in [2.45, 2.75) is 38.2 Å². The standard InChI is InChI=1S/C14H16F3NO3/c1-14(2,8-5-3-4-6-9(8)15)13(21)18-10(12(19)20)7-11(16)17/h3-6,10-11H,7H2,1-2H3,(H,18,21)(H,19,20). The van der Waals surface area contributed by atoms with E-state index in [1.807, 2.05) is 5.32 Å². The van der Waals surface area contributed by atoms with Crippen LogP contribution in [0.5, 0.6) is 0 Å². The Morgan fingerprint density at radius 2 is 1.86 bits per heavy atom. The minimum Gasteiger partial charge on any atom is -0.480 e. The minimum absolute atomic E-state index is 0.0590. The lowest BCUT2D eigenvalue weighted by Gasteiger charge is -2.26. The summed E-state index contributed by atoms with van der Waals surface area (Å²) in [6.45, 7) is 2.78. The van der Waals surface area contributed by atoms with Crippen LogP contribution < -0.4 is 5.32 Å². The number of carbonyl (C=O) groups is 2. The van der Waals surface area contributed by atoms with E-state index in [9.17, 15) is 22.8 Å². The van der Waals surface area contributed by atoms with Gasteiger partial charge in [0.05, 0.1) is 5.41 Å². The molecule has 0 radical (unpaired) electrons. The number of hydrogen-bond acceptors (Lipinski definition) is 2. The van der Waals surface area contributed by atoms with Crippen LogP contribution in [0, 0.1) is 5.82 Å². The number of aliphatic carboxylic acids is 1. The molecule has 21 heavy (non-hydrogen) atoms. The summed E-state index contributed by atoms with van der Waals surface area (Å²) in [5.74, 6) is -3.02. The number of nitrogens with one attached hydrogen (secondary N) is 1. The maximum atomic E-state index is 13.7. The van der Waals surface area contributed by atoms with Crippen LogP contribution in [0.1, 0.15) is 25.8 Å². The van der Waals surface area contributed by atoms with Gasteiger partial charge in [0, 0.05) is 12.0 Å². The average Bonchev–Trinajstić information content (AvgIpc) is 2.37. The number of carbonyl (C=O) groups excluding carboxylic acids is 1. The van der Waals surface area contributed by atoms with Crippen molar-refractivity contribution in [3.05, 3.63) is 35.6 Å². The maximum absolute atomic E-state index is 13.7. The smallest absolute Gasteiger partial charge is 0.326 e. The predicted octanol–water partition coefficient (Wildman–Crippen LogP) is 2.33. The number of carboxylic acid groups (broad SMARTS) is 1. The van der Waals surface area contributed by atoms with Gasteiger partial charge in [0.1, 0.15) is 11.9 Å². The second kappa shape index (κ2) is 6.60. The van der Waals surface area contributed by atoms with Gasteiger partial charge in [-0.1, -0.05) is 18.2 Å². The van der Waals surface area contributed by atoms with Gasteiger partial charge in [-0.3, -0.25) is 4.79 Å². The van der Waals surface area contributed by atoms with Gasteiger partial charge in [0.2, 0.25) is 12.3 Å². The molecule has 0 heterocycles. The molecule has 0 aromatic heterocycles. The molecule has 2 N–H and O–H groups in total. The summed E-state index contributed by atoms with van der Waals surface area (Å²) >= 11 is 0. The Morgan fingerprint density at radius 3 is 2.33 bits per heavy atom. The molecule has 0 spiro atoms. The molecule has 0 aliphatic rings. The first-order chi connectivity index (χ1) is 9.66. The van der Waals surface area contributed by atoms with Crippen molar-refractivity contribution in [2.75, 3.05) is 0 Å². The molecule has 1 amide bonds. The Hall–Kier alpha value is -2.05. The van der Waals surface area contributed by atoms with Crippen molar-refractivity contribution >= 4 is 11.9 Å². The summed E-state index contributed by atoms with van der Waals surface area (Å²) < 4.78 is 38.3. The third-order valence-corrected chi connectivity index (χ3v) is 3.13. The second-order valence-corrected chi connectivity index (χ2v) is 5.10. The average molecular weight is 303 g/mol. The number of halogens is 3. The van der Waals surface area contributed by atoms with E-state index in [-0.39, 0.29) is 5.56 Å². The fraction of sp³-hybridized carbons (Fsp3) is 0.429. The van der Waals surface area contributed by atoms with Gasteiger partial charge < -0.3 is 10.4 Å². The van der Waals surface area contributed by atoms with Gasteiger partial charge in [-0.15, -0.1) is 0 Å². The highest BCUT2D eigenvalue weighted by Crippen LogP contribution is 2.26. The summed E-state index contributed by atoms with van der Waals surface area (Å²) in [4.78, 5) is 23.0. The SMILES string of the molecule is CC(C)(C(=O)NC(CC(F)F)C(=O)O)c1ccccc1F. The Bertz CT molecular complexity index is 532. The van der Waals surface area contributed by atoms with Crippen LogP contribution in [0.4, 0.5) is 13.2 Å². The molecule has 0 aliphatic heterocycles. The van der Waals surface area contributed by atoms with E-state index in [0.717, 1.165) is 6.07 Å². The Kier molecular flexibility index (Phi) is 5.34. The highest BCUT2D eigenvalue weighted by atomic mass is 19.3. The van der Waals surface area contributed by atoms with Crippen molar-refractivity contribution < 1.29 is 27.9 Å². The molecule has 4 nitrogen and oxygen atoms in total. The predicted molar refractivity (Wildman–Crippen MR) is 69.6 cm³/mol. The van der Waals surface area contributed by atoms with Crippen LogP contribution in [0.3, 0.4) is 0 Å². The number of hydrogen-bond donors (Lipinski definition) is 2. The molecule has 7 heteroatoms. The van der Waals surface area contributed by atoms with E-state index in [1.165, 1.54) is 32.0 Å². The van der Waals surface area contributed by atoms with E-state index >= 15 is 0 Å². The molecule has 1 unspecified atom stereocenters. The lowest BCUT2D eigenvalue weighted by molar-refractivity contribution is -0.143. The van der Waals surface area contributed by atoms with Crippen molar-refractivity contribution in [3.63, 3.8) is 0 Å². The van der Waals surface area contributed by atoms with Gasteiger partial charge in [-0.05, 0) is 19.9 Å². The van der Waals surface area contributed by atoms with Crippen molar-refractivity contribution in [1.82, 2.24) is 5.32 Å². The van der Waals surface area contributed by atoms with Crippen LogP contribution in [0.2, 0.25) is 0 Å². The third-order valence-electron chi connectivity index (χ3n) is 3.13. The summed E-state index contributed by atoms with van der Waals surface area (Å²) in [5.41, 5.74) is -1.33. The van der Waals surface area contributed by atoms with E-state index in [2.05, 4.69) is 0 Å². The molecule has 0 fully saturated rings. The minimum atomic E-state index is -2.87. The number of carboxylic acids is 1. The summed E-state index contributed by atoms with van der Waals surface area (Å²) in [6, 6.07) is 3.81. The Balaban J connectivity index is 2.95.